The molecule has 10 heteroatoms. The Balaban J connectivity index is 2.85. The lowest BCUT2D eigenvalue weighted by Crippen LogP contribution is -2.50. The van der Waals surface area contributed by atoms with Gasteiger partial charge in [0.1, 0.15) is 0 Å². The molecule has 153 valence electrons. The molecule has 0 unspecified atom stereocenters. The summed E-state index contributed by atoms with van der Waals surface area (Å²) in [6.07, 6.45) is -17.5. The van der Waals surface area contributed by atoms with E-state index < -0.39 is 46.5 Å². The Morgan fingerprint density at radius 2 is 1.18 bits per heavy atom. The molecule has 0 aliphatic rings. The van der Waals surface area contributed by atoms with Crippen LogP contribution in [0.15, 0.2) is 30.3 Å². The molecule has 2 rings (SSSR count). The number of hydrogen-bond donors (Lipinski definition) is 0. The molecule has 0 aliphatic heterocycles. The van der Waals surface area contributed by atoms with Crippen LogP contribution in [0.1, 0.15) is 22.3 Å². The summed E-state index contributed by atoms with van der Waals surface area (Å²) < 4.78 is 132. The second-order valence-corrected chi connectivity index (χ2v) is 6.10. The average molecular weight is 417 g/mol. The topological polar surface area (TPSA) is 0 Å². The van der Waals surface area contributed by atoms with E-state index in [1.165, 1.54) is 0 Å². The Hall–Kier alpha value is -2.26. The van der Waals surface area contributed by atoms with E-state index in [1.54, 1.807) is 0 Å². The summed E-state index contributed by atoms with van der Waals surface area (Å²) in [7, 11) is 0. The van der Waals surface area contributed by atoms with Gasteiger partial charge >= 0.3 is 24.2 Å². The van der Waals surface area contributed by atoms with Crippen molar-refractivity contribution in [3.63, 3.8) is 0 Å². The third-order valence-electron chi connectivity index (χ3n) is 4.04. The fourth-order valence-electron chi connectivity index (χ4n) is 2.82. The van der Waals surface area contributed by atoms with Crippen LogP contribution < -0.4 is 0 Å². The van der Waals surface area contributed by atoms with Gasteiger partial charge in [0.05, 0.1) is 5.56 Å². The number of aryl methyl sites for hydroxylation is 2. The maximum atomic E-state index is 14.7. The highest BCUT2D eigenvalue weighted by Crippen LogP contribution is 2.55. The van der Waals surface area contributed by atoms with Crippen molar-refractivity contribution in [3.8, 4) is 11.1 Å². The highest BCUT2D eigenvalue weighted by atomic mass is 19.4. The van der Waals surface area contributed by atoms with E-state index in [2.05, 4.69) is 6.07 Å². The molecule has 0 saturated heterocycles. The number of hydrogen-bond acceptors (Lipinski definition) is 0. The summed E-state index contributed by atoms with van der Waals surface area (Å²) in [6, 6.07) is 5.16. The first-order valence-corrected chi connectivity index (χ1v) is 7.54. The summed E-state index contributed by atoms with van der Waals surface area (Å²) in [6.45, 7) is 2.22. The average Bonchev–Trinajstić information content (AvgIpc) is 2.50. The van der Waals surface area contributed by atoms with Gasteiger partial charge < -0.3 is 0 Å². The Morgan fingerprint density at radius 3 is 1.57 bits per heavy atom. The van der Waals surface area contributed by atoms with Crippen LogP contribution >= 0.6 is 0 Å². The van der Waals surface area contributed by atoms with Gasteiger partial charge in [-0.05, 0) is 54.3 Å². The molecule has 0 N–H and O–H groups in total. The fourth-order valence-corrected chi connectivity index (χ4v) is 2.82. The van der Waals surface area contributed by atoms with Gasteiger partial charge in [-0.2, -0.15) is 39.5 Å². The first kappa shape index (κ1) is 22.0. The molecular formula is C18H11F10. The summed E-state index contributed by atoms with van der Waals surface area (Å²) in [5.74, 6) is 0. The van der Waals surface area contributed by atoms with Gasteiger partial charge in [0.2, 0.25) is 0 Å². The first-order chi connectivity index (χ1) is 12.5. The molecule has 0 aliphatic carbocycles. The SMILES string of the molecule is Cc1[c]c(C)c(-c2ccc(C(F)(F)F)cc2)c(C(F)(C(F)(F)F)C(F)(F)F)c1. The van der Waals surface area contributed by atoms with Crippen molar-refractivity contribution in [2.24, 2.45) is 0 Å². The molecule has 0 spiro atoms. The molecule has 0 aromatic heterocycles. The highest BCUT2D eigenvalue weighted by Gasteiger charge is 2.74. The third-order valence-corrected chi connectivity index (χ3v) is 4.04. The van der Waals surface area contributed by atoms with Crippen LogP contribution in [0.25, 0.3) is 11.1 Å². The fraction of sp³-hybridized carbons (Fsp3) is 0.333. The number of halogens is 10. The van der Waals surface area contributed by atoms with Gasteiger partial charge in [0, 0.05) is 5.56 Å². The summed E-state index contributed by atoms with van der Waals surface area (Å²) in [5, 5.41) is 0. The lowest BCUT2D eigenvalue weighted by Gasteiger charge is -2.32. The maximum Gasteiger partial charge on any atom is 0.435 e. The molecule has 0 amide bonds. The van der Waals surface area contributed by atoms with Crippen molar-refractivity contribution in [3.05, 3.63) is 58.7 Å². The van der Waals surface area contributed by atoms with Gasteiger partial charge in [-0.3, -0.25) is 0 Å². The summed E-state index contributed by atoms with van der Waals surface area (Å²) in [4.78, 5) is 0. The minimum atomic E-state index is -6.36. The molecule has 1 radical (unpaired) electrons. The van der Waals surface area contributed by atoms with Gasteiger partial charge in [0.15, 0.2) is 0 Å². The molecule has 0 saturated carbocycles. The smallest absolute Gasteiger partial charge is 0.218 e. The molecule has 0 nitrogen and oxygen atoms in total. The summed E-state index contributed by atoms with van der Waals surface area (Å²) in [5.41, 5.74) is -10.4. The molecule has 2 aromatic carbocycles. The van der Waals surface area contributed by atoms with Gasteiger partial charge in [-0.15, -0.1) is 0 Å². The van der Waals surface area contributed by atoms with Crippen molar-refractivity contribution in [2.45, 2.75) is 38.0 Å². The van der Waals surface area contributed by atoms with E-state index in [9.17, 15) is 43.9 Å². The minimum Gasteiger partial charge on any atom is -0.218 e. The molecule has 0 bridgehead atoms. The normalized spacial score (nSPS) is 13.7. The maximum absolute atomic E-state index is 14.7. The van der Waals surface area contributed by atoms with Crippen molar-refractivity contribution in [1.29, 1.82) is 0 Å². The predicted molar refractivity (Wildman–Crippen MR) is 80.1 cm³/mol. The standard InChI is InChI=1S/C18H11F10/c1-9-7-10(2)14(11-3-5-12(6-4-11)16(20,21)22)13(8-9)15(19,17(23,24)25)18(26,27)28/h3-6,8H,1-2H3. The molecule has 2 aromatic rings. The Bertz CT molecular complexity index is 840. The Kier molecular flexibility index (Phi) is 5.24. The van der Waals surface area contributed by atoms with E-state index in [1.807, 2.05) is 0 Å². The molecular weight excluding hydrogens is 406 g/mol. The van der Waals surface area contributed by atoms with Crippen LogP contribution in [-0.2, 0) is 11.8 Å². The number of alkyl halides is 10. The monoisotopic (exact) mass is 417 g/mol. The molecule has 0 atom stereocenters. The second kappa shape index (κ2) is 6.66. The minimum absolute atomic E-state index is 0.196. The molecule has 0 fully saturated rings. The van der Waals surface area contributed by atoms with Crippen LogP contribution in [-0.4, -0.2) is 12.4 Å². The third kappa shape index (κ3) is 3.68. The van der Waals surface area contributed by atoms with E-state index in [0.717, 1.165) is 13.8 Å². The van der Waals surface area contributed by atoms with Gasteiger partial charge in [0.25, 0.3) is 0 Å². The molecule has 28 heavy (non-hydrogen) atoms. The zero-order valence-electron chi connectivity index (χ0n) is 14.2. The summed E-state index contributed by atoms with van der Waals surface area (Å²) >= 11 is 0. The number of rotatable bonds is 2. The van der Waals surface area contributed by atoms with Crippen molar-refractivity contribution in [2.75, 3.05) is 0 Å². The quantitative estimate of drug-likeness (QED) is 0.458. The van der Waals surface area contributed by atoms with E-state index >= 15 is 0 Å². The zero-order chi connectivity index (χ0) is 21.7. The Labute approximate surface area is 152 Å². The largest absolute Gasteiger partial charge is 0.435 e. The lowest BCUT2D eigenvalue weighted by molar-refractivity contribution is -0.348. The van der Waals surface area contributed by atoms with Crippen molar-refractivity contribution < 1.29 is 43.9 Å². The van der Waals surface area contributed by atoms with Crippen molar-refractivity contribution >= 4 is 0 Å². The molecule has 0 heterocycles. The second-order valence-electron chi connectivity index (χ2n) is 6.10. The predicted octanol–water partition coefficient (Wildman–Crippen LogP) is 7.08. The number of benzene rings is 2. The van der Waals surface area contributed by atoms with Crippen LogP contribution in [0.2, 0.25) is 0 Å². The van der Waals surface area contributed by atoms with E-state index in [0.29, 0.717) is 30.3 Å². The lowest BCUT2D eigenvalue weighted by atomic mass is 9.83. The van der Waals surface area contributed by atoms with Crippen LogP contribution in [0.5, 0.6) is 0 Å². The van der Waals surface area contributed by atoms with E-state index in [-0.39, 0.29) is 11.1 Å². The van der Waals surface area contributed by atoms with Crippen molar-refractivity contribution in [1.82, 2.24) is 0 Å². The van der Waals surface area contributed by atoms with Crippen LogP contribution in [0.4, 0.5) is 43.9 Å². The van der Waals surface area contributed by atoms with Crippen LogP contribution in [0.3, 0.4) is 0 Å². The zero-order valence-corrected chi connectivity index (χ0v) is 14.2. The highest BCUT2D eigenvalue weighted by molar-refractivity contribution is 5.73. The van der Waals surface area contributed by atoms with Gasteiger partial charge in [-0.1, -0.05) is 18.2 Å². The van der Waals surface area contributed by atoms with Gasteiger partial charge in [-0.25, -0.2) is 4.39 Å². The Morgan fingerprint density at radius 1 is 0.714 bits per heavy atom. The van der Waals surface area contributed by atoms with E-state index in [4.69, 9.17) is 0 Å². The van der Waals surface area contributed by atoms with Crippen LogP contribution in [0, 0.1) is 19.9 Å². The first-order valence-electron chi connectivity index (χ1n) is 7.54.